The number of hydrogen-bond donors (Lipinski definition) is 0. The van der Waals surface area contributed by atoms with Crippen LogP contribution in [0.25, 0.3) is 17.2 Å². The molecule has 1 saturated heterocycles. The van der Waals surface area contributed by atoms with Gasteiger partial charge in [-0.2, -0.15) is 0 Å². The summed E-state index contributed by atoms with van der Waals surface area (Å²) < 4.78 is 3.80. The van der Waals surface area contributed by atoms with Crippen molar-refractivity contribution in [2.75, 3.05) is 20.1 Å². The molecule has 0 aliphatic carbocycles. The fraction of sp³-hybridized carbons (Fsp3) is 0.429. The normalized spacial score (nSPS) is 17.3. The predicted molar refractivity (Wildman–Crippen MR) is 109 cm³/mol. The van der Waals surface area contributed by atoms with Crippen molar-refractivity contribution in [1.29, 1.82) is 0 Å². The summed E-state index contributed by atoms with van der Waals surface area (Å²) in [6, 6.07) is 7.07. The number of rotatable bonds is 5. The zero-order valence-electron chi connectivity index (χ0n) is 17.1. The fourth-order valence-corrected chi connectivity index (χ4v) is 3.88. The van der Waals surface area contributed by atoms with Gasteiger partial charge in [-0.3, -0.25) is 14.0 Å². The summed E-state index contributed by atoms with van der Waals surface area (Å²) in [6.45, 7) is 3.19. The van der Waals surface area contributed by atoms with Crippen molar-refractivity contribution < 1.29 is 9.59 Å². The zero-order chi connectivity index (χ0) is 20.5. The first-order chi connectivity index (χ1) is 14.0. The molecule has 1 unspecified atom stereocenters. The van der Waals surface area contributed by atoms with Gasteiger partial charge in [-0.15, -0.1) is 10.2 Å². The number of pyridine rings is 1. The molecule has 1 aliphatic heterocycles. The largest absolute Gasteiger partial charge is 0.348 e. The number of unbranched alkanes of at least 4 members (excludes halogenated alkanes) is 1. The molecule has 152 valence electrons. The van der Waals surface area contributed by atoms with Crippen LogP contribution in [0.15, 0.2) is 36.7 Å². The highest BCUT2D eigenvalue weighted by atomic mass is 16.2. The van der Waals surface area contributed by atoms with Crippen LogP contribution in [0.5, 0.6) is 0 Å². The number of carbonyl (C=O) groups is 2. The highest BCUT2D eigenvalue weighted by molar-refractivity contribution is 5.98. The van der Waals surface area contributed by atoms with Gasteiger partial charge in [-0.25, -0.2) is 0 Å². The highest BCUT2D eigenvalue weighted by Crippen LogP contribution is 2.22. The molecule has 2 amide bonds. The number of aromatic nitrogens is 4. The molecule has 8 nitrogen and oxygen atoms in total. The predicted octanol–water partition coefficient (Wildman–Crippen LogP) is 2.21. The Kier molecular flexibility index (Phi) is 5.08. The maximum atomic E-state index is 13.4. The van der Waals surface area contributed by atoms with E-state index in [2.05, 4.69) is 17.1 Å². The summed E-state index contributed by atoms with van der Waals surface area (Å²) in [7, 11) is 3.75. The topological polar surface area (TPSA) is 75.7 Å². The first kappa shape index (κ1) is 19.2. The Morgan fingerprint density at radius 2 is 2.00 bits per heavy atom. The van der Waals surface area contributed by atoms with Crippen LogP contribution in [0.2, 0.25) is 0 Å². The molecular formula is C21H26N6O2. The zero-order valence-corrected chi connectivity index (χ0v) is 17.1. The molecule has 1 atom stereocenters. The lowest BCUT2D eigenvalue weighted by Crippen LogP contribution is -2.57. The molecule has 4 rings (SSSR count). The second-order valence-corrected chi connectivity index (χ2v) is 7.59. The number of carbonyl (C=O) groups excluding carboxylic acids is 2. The molecule has 8 heteroatoms. The van der Waals surface area contributed by atoms with Gasteiger partial charge in [0.25, 0.3) is 5.91 Å². The van der Waals surface area contributed by atoms with Crippen molar-refractivity contribution in [3.8, 4) is 11.5 Å². The van der Waals surface area contributed by atoms with Gasteiger partial charge in [0, 0.05) is 39.6 Å². The molecular weight excluding hydrogens is 368 g/mol. The Bertz CT molecular complexity index is 1050. The minimum absolute atomic E-state index is 0.0212. The molecule has 29 heavy (non-hydrogen) atoms. The van der Waals surface area contributed by atoms with Gasteiger partial charge in [0.05, 0.1) is 11.3 Å². The monoisotopic (exact) mass is 394 g/mol. The van der Waals surface area contributed by atoms with Crippen molar-refractivity contribution in [1.82, 2.24) is 29.0 Å². The lowest BCUT2D eigenvalue weighted by Gasteiger charge is -2.39. The van der Waals surface area contributed by atoms with Crippen molar-refractivity contribution >= 4 is 17.5 Å². The number of hydrogen-bond acceptors (Lipinski definition) is 4. The molecule has 1 aliphatic rings. The van der Waals surface area contributed by atoms with E-state index < -0.39 is 6.04 Å². The van der Waals surface area contributed by atoms with Gasteiger partial charge < -0.3 is 14.4 Å². The van der Waals surface area contributed by atoms with Crippen LogP contribution < -0.4 is 0 Å². The fourth-order valence-electron chi connectivity index (χ4n) is 3.88. The van der Waals surface area contributed by atoms with Crippen LogP contribution in [0.1, 0.15) is 36.5 Å². The van der Waals surface area contributed by atoms with Gasteiger partial charge >= 0.3 is 0 Å². The van der Waals surface area contributed by atoms with Gasteiger partial charge in [0.2, 0.25) is 5.91 Å². The first-order valence-corrected chi connectivity index (χ1v) is 10.0. The lowest BCUT2D eigenvalue weighted by molar-refractivity contribution is -0.138. The second kappa shape index (κ2) is 7.69. The van der Waals surface area contributed by atoms with E-state index in [9.17, 15) is 9.59 Å². The molecule has 0 bridgehead atoms. The minimum atomic E-state index is -0.398. The number of likely N-dealkylation sites (N-methyl/N-ethyl adjacent to an activating group) is 1. The third kappa shape index (κ3) is 3.39. The van der Waals surface area contributed by atoms with Crippen molar-refractivity contribution in [2.24, 2.45) is 7.05 Å². The third-order valence-electron chi connectivity index (χ3n) is 5.63. The summed E-state index contributed by atoms with van der Waals surface area (Å²) in [5.41, 5.74) is 2.12. The average Bonchev–Trinajstić information content (AvgIpc) is 3.33. The quantitative estimate of drug-likeness (QED) is 0.665. The highest BCUT2D eigenvalue weighted by Gasteiger charge is 2.35. The molecule has 0 radical (unpaired) electrons. The second-order valence-electron chi connectivity index (χ2n) is 7.59. The van der Waals surface area contributed by atoms with E-state index in [1.54, 1.807) is 35.2 Å². The number of amides is 2. The molecule has 0 spiro atoms. The summed E-state index contributed by atoms with van der Waals surface area (Å²) in [5.74, 6) is 0.577. The van der Waals surface area contributed by atoms with E-state index in [4.69, 9.17) is 0 Å². The molecule has 3 aromatic rings. The molecule has 3 aromatic heterocycles. The SMILES string of the molecule is CCCCC1C(=O)N(C)CCN1C(=O)c1ccc2nnc(-c3cccn3C)n2c1. The maximum Gasteiger partial charge on any atom is 0.256 e. The summed E-state index contributed by atoms with van der Waals surface area (Å²) in [6.07, 6.45) is 6.31. The average molecular weight is 394 g/mol. The van der Waals surface area contributed by atoms with Crippen molar-refractivity contribution in [2.45, 2.75) is 32.2 Å². The van der Waals surface area contributed by atoms with Crippen LogP contribution in [-0.4, -0.2) is 67.0 Å². The lowest BCUT2D eigenvalue weighted by atomic mass is 10.0. The van der Waals surface area contributed by atoms with Gasteiger partial charge in [-0.05, 0) is 30.7 Å². The minimum Gasteiger partial charge on any atom is -0.348 e. The molecule has 0 N–H and O–H groups in total. The van der Waals surface area contributed by atoms with Gasteiger partial charge in [0.15, 0.2) is 11.5 Å². The van der Waals surface area contributed by atoms with Crippen LogP contribution >= 0.6 is 0 Å². The smallest absolute Gasteiger partial charge is 0.256 e. The van der Waals surface area contributed by atoms with E-state index in [0.29, 0.717) is 36.5 Å². The molecule has 0 aromatic carbocycles. The summed E-state index contributed by atoms with van der Waals surface area (Å²) in [4.78, 5) is 29.5. The number of piperazine rings is 1. The molecule has 0 saturated carbocycles. The summed E-state index contributed by atoms with van der Waals surface area (Å²) >= 11 is 0. The van der Waals surface area contributed by atoms with Crippen LogP contribution in [-0.2, 0) is 11.8 Å². The van der Waals surface area contributed by atoms with Gasteiger partial charge in [0.1, 0.15) is 6.04 Å². The van der Waals surface area contributed by atoms with E-state index in [-0.39, 0.29) is 11.8 Å². The van der Waals surface area contributed by atoms with Crippen LogP contribution in [0.3, 0.4) is 0 Å². The van der Waals surface area contributed by atoms with Crippen LogP contribution in [0.4, 0.5) is 0 Å². The Hall–Kier alpha value is -3.16. The van der Waals surface area contributed by atoms with Gasteiger partial charge in [-0.1, -0.05) is 19.8 Å². The maximum absolute atomic E-state index is 13.4. The van der Waals surface area contributed by atoms with E-state index in [0.717, 1.165) is 18.5 Å². The summed E-state index contributed by atoms with van der Waals surface area (Å²) in [5, 5.41) is 8.52. The van der Waals surface area contributed by atoms with Crippen LogP contribution in [0, 0.1) is 0 Å². The number of nitrogens with zero attached hydrogens (tertiary/aromatic N) is 6. The number of fused-ring (bicyclic) bond motifs is 1. The van der Waals surface area contributed by atoms with E-state index in [1.165, 1.54) is 0 Å². The Morgan fingerprint density at radius 3 is 2.72 bits per heavy atom. The first-order valence-electron chi connectivity index (χ1n) is 10.0. The van der Waals surface area contributed by atoms with E-state index in [1.807, 2.05) is 34.3 Å². The Labute approximate surface area is 169 Å². The van der Waals surface area contributed by atoms with E-state index >= 15 is 0 Å². The molecule has 4 heterocycles. The molecule has 1 fully saturated rings. The number of aryl methyl sites for hydroxylation is 1. The van der Waals surface area contributed by atoms with Crippen molar-refractivity contribution in [3.05, 3.63) is 42.2 Å². The third-order valence-corrected chi connectivity index (χ3v) is 5.63. The van der Waals surface area contributed by atoms with Crippen molar-refractivity contribution in [3.63, 3.8) is 0 Å². The standard InChI is InChI=1S/C21H26N6O2/c1-4-5-7-17-21(29)25(3)12-13-26(17)20(28)15-9-10-18-22-23-19(27(18)14-15)16-8-6-11-24(16)2/h6,8-11,14,17H,4-5,7,12-13H2,1-3H3. The Morgan fingerprint density at radius 1 is 1.17 bits per heavy atom. The Balaban J connectivity index is 1.69.